The summed E-state index contributed by atoms with van der Waals surface area (Å²) in [6, 6.07) is 0. The van der Waals surface area contributed by atoms with Gasteiger partial charge in [0.2, 0.25) is 15.9 Å². The molecule has 0 heterocycles. The molecule has 0 aromatic carbocycles. The van der Waals surface area contributed by atoms with Gasteiger partial charge >= 0.3 is 0 Å². The Hall–Kier alpha value is -1.89. The predicted octanol–water partition coefficient (Wildman–Crippen LogP) is 4.13. The van der Waals surface area contributed by atoms with Crippen LogP contribution < -0.4 is 10.0 Å². The van der Waals surface area contributed by atoms with Crippen LogP contribution in [0.15, 0.2) is 47.0 Å². The molecular weight excluding hydrogens is 367 g/mol. The molecule has 0 aliphatic heterocycles. The summed E-state index contributed by atoms with van der Waals surface area (Å²) < 4.78 is 39.6. The van der Waals surface area contributed by atoms with Crippen LogP contribution in [0.2, 0.25) is 0 Å². The van der Waals surface area contributed by atoms with Gasteiger partial charge < -0.3 is 5.32 Å². The molecule has 1 atom stereocenters. The molecule has 0 spiro atoms. The van der Waals surface area contributed by atoms with Gasteiger partial charge in [0, 0.05) is 17.8 Å². The van der Waals surface area contributed by atoms with Crippen LogP contribution in [0.25, 0.3) is 0 Å². The Bertz CT molecular complexity index is 716. The molecule has 0 aromatic heterocycles. The smallest absolute Gasteiger partial charge is 0.246 e. The van der Waals surface area contributed by atoms with E-state index in [1.165, 1.54) is 12.2 Å². The Morgan fingerprint density at radius 3 is 2.33 bits per heavy atom. The van der Waals surface area contributed by atoms with Gasteiger partial charge in [-0.3, -0.25) is 9.52 Å². The minimum atomic E-state index is -3.62. The Morgan fingerprint density at radius 1 is 1.15 bits per heavy atom. The molecule has 0 fully saturated rings. The van der Waals surface area contributed by atoms with E-state index < -0.39 is 15.9 Å². The van der Waals surface area contributed by atoms with E-state index in [0.29, 0.717) is 29.3 Å². The second-order valence-corrected chi connectivity index (χ2v) is 8.70. The minimum Gasteiger partial charge on any atom is -0.352 e. The zero-order valence-corrected chi connectivity index (χ0v) is 18.0. The van der Waals surface area contributed by atoms with Crippen molar-refractivity contribution in [1.82, 2.24) is 10.0 Å². The summed E-state index contributed by atoms with van der Waals surface area (Å²) in [6.07, 6.45) is 7.62. The number of halogens is 1. The number of rotatable bonds is 11. The number of nitrogens with one attached hydrogen (secondary N) is 2. The average molecular weight is 401 g/mol. The highest BCUT2D eigenvalue weighted by Gasteiger charge is 2.08. The normalized spacial score (nSPS) is 14.2. The largest absolute Gasteiger partial charge is 0.352 e. The first-order chi connectivity index (χ1) is 12.5. The molecule has 0 aromatic rings. The molecule has 5 nitrogen and oxygen atoms in total. The second kappa shape index (κ2) is 12.5. The standard InChI is InChI=1S/C20H33FN2O3S/c1-7-9-16(4)14-22-20(24)17(5)11-12-18(6)23-27(25,26)13-8-10-19(21)15(2)3/h8,10-12,16,23H,7,9,13-14H2,1-6H3,(H,22,24)/b10-8-,17-11+,18-12+. The van der Waals surface area contributed by atoms with Crippen LogP contribution in [-0.4, -0.2) is 26.6 Å². The molecule has 1 unspecified atom stereocenters. The van der Waals surface area contributed by atoms with E-state index >= 15 is 0 Å². The Morgan fingerprint density at radius 2 is 1.78 bits per heavy atom. The molecule has 0 aliphatic carbocycles. The Balaban J connectivity index is 4.72. The summed E-state index contributed by atoms with van der Waals surface area (Å²) in [5.41, 5.74) is 1.34. The van der Waals surface area contributed by atoms with E-state index in [2.05, 4.69) is 23.9 Å². The lowest BCUT2D eigenvalue weighted by molar-refractivity contribution is -0.117. The van der Waals surface area contributed by atoms with Crippen LogP contribution in [0.5, 0.6) is 0 Å². The third-order valence-corrected chi connectivity index (χ3v) is 4.97. The lowest BCUT2D eigenvalue weighted by Crippen LogP contribution is -2.28. The van der Waals surface area contributed by atoms with Crippen LogP contribution in [0, 0.1) is 5.92 Å². The van der Waals surface area contributed by atoms with Crippen molar-refractivity contribution in [1.29, 1.82) is 0 Å². The van der Waals surface area contributed by atoms with Crippen molar-refractivity contribution in [3.63, 3.8) is 0 Å². The molecule has 0 saturated heterocycles. The molecule has 27 heavy (non-hydrogen) atoms. The van der Waals surface area contributed by atoms with Crippen LogP contribution in [0.4, 0.5) is 4.39 Å². The number of sulfonamides is 1. The van der Waals surface area contributed by atoms with Crippen molar-refractivity contribution in [2.45, 2.75) is 54.4 Å². The first kappa shape index (κ1) is 25.1. The maximum atomic E-state index is 13.3. The summed E-state index contributed by atoms with van der Waals surface area (Å²) >= 11 is 0. The fourth-order valence-electron chi connectivity index (χ4n) is 2.09. The van der Waals surface area contributed by atoms with Crippen molar-refractivity contribution < 1.29 is 17.6 Å². The molecule has 1 amide bonds. The highest BCUT2D eigenvalue weighted by Crippen LogP contribution is 2.07. The van der Waals surface area contributed by atoms with Gasteiger partial charge in [-0.15, -0.1) is 0 Å². The molecule has 2 N–H and O–H groups in total. The lowest BCUT2D eigenvalue weighted by Gasteiger charge is -2.11. The van der Waals surface area contributed by atoms with Crippen molar-refractivity contribution in [2.24, 2.45) is 5.92 Å². The van der Waals surface area contributed by atoms with Crippen molar-refractivity contribution in [3.8, 4) is 0 Å². The van der Waals surface area contributed by atoms with Crippen molar-refractivity contribution in [2.75, 3.05) is 12.3 Å². The molecule has 0 aliphatic rings. The topological polar surface area (TPSA) is 75.3 Å². The lowest BCUT2D eigenvalue weighted by atomic mass is 10.1. The zero-order valence-electron chi connectivity index (χ0n) is 17.2. The molecule has 0 bridgehead atoms. The van der Waals surface area contributed by atoms with Gasteiger partial charge in [-0.1, -0.05) is 32.4 Å². The highest BCUT2D eigenvalue weighted by molar-refractivity contribution is 7.89. The fraction of sp³-hybridized carbons (Fsp3) is 0.550. The summed E-state index contributed by atoms with van der Waals surface area (Å²) in [4.78, 5) is 12.0. The predicted molar refractivity (Wildman–Crippen MR) is 110 cm³/mol. The van der Waals surface area contributed by atoms with Crippen LogP contribution in [-0.2, 0) is 14.8 Å². The molecule has 0 saturated carbocycles. The van der Waals surface area contributed by atoms with Crippen LogP contribution in [0.3, 0.4) is 0 Å². The van der Waals surface area contributed by atoms with E-state index in [-0.39, 0.29) is 11.7 Å². The Kier molecular flexibility index (Phi) is 11.6. The van der Waals surface area contributed by atoms with Gasteiger partial charge in [0.25, 0.3) is 0 Å². The van der Waals surface area contributed by atoms with E-state index in [9.17, 15) is 17.6 Å². The SMILES string of the molecule is CCCC(C)CNC(=O)/C(C)=C/C=C(\C)NS(=O)(=O)C/C=C\C(F)=C(C)C. The summed E-state index contributed by atoms with van der Waals surface area (Å²) in [5.74, 6) is -0.544. The Labute approximate surface area is 163 Å². The van der Waals surface area contributed by atoms with Gasteiger partial charge in [-0.2, -0.15) is 0 Å². The van der Waals surface area contributed by atoms with E-state index in [1.807, 2.05) is 0 Å². The molecule has 0 radical (unpaired) electrons. The van der Waals surface area contributed by atoms with Crippen molar-refractivity contribution in [3.05, 3.63) is 47.0 Å². The first-order valence-corrected chi connectivity index (χ1v) is 10.8. The molecule has 0 rings (SSSR count). The van der Waals surface area contributed by atoms with Gasteiger partial charge in [-0.05, 0) is 57.8 Å². The average Bonchev–Trinajstić information content (AvgIpc) is 2.56. The molecular formula is C20H33FN2O3S. The molecule has 7 heteroatoms. The monoisotopic (exact) mass is 400 g/mol. The van der Waals surface area contributed by atoms with E-state index in [1.54, 1.807) is 33.8 Å². The van der Waals surface area contributed by atoms with Crippen LogP contribution >= 0.6 is 0 Å². The maximum absolute atomic E-state index is 13.3. The fourth-order valence-corrected chi connectivity index (χ4v) is 3.08. The van der Waals surface area contributed by atoms with Gasteiger partial charge in [0.15, 0.2) is 0 Å². The van der Waals surface area contributed by atoms with Gasteiger partial charge in [0.1, 0.15) is 5.83 Å². The van der Waals surface area contributed by atoms with E-state index in [0.717, 1.165) is 18.9 Å². The number of carbonyl (C=O) groups is 1. The van der Waals surface area contributed by atoms with Crippen molar-refractivity contribution >= 4 is 15.9 Å². The number of amides is 1. The van der Waals surface area contributed by atoms with Crippen LogP contribution in [0.1, 0.15) is 54.4 Å². The maximum Gasteiger partial charge on any atom is 0.246 e. The van der Waals surface area contributed by atoms with Gasteiger partial charge in [0.05, 0.1) is 5.75 Å². The minimum absolute atomic E-state index is 0.176. The van der Waals surface area contributed by atoms with Gasteiger partial charge in [-0.25, -0.2) is 12.8 Å². The number of hydrogen-bond donors (Lipinski definition) is 2. The third kappa shape index (κ3) is 12.2. The third-order valence-electron chi connectivity index (χ3n) is 3.71. The highest BCUT2D eigenvalue weighted by atomic mass is 32.2. The summed E-state index contributed by atoms with van der Waals surface area (Å²) in [6.45, 7) is 11.3. The number of allylic oxidation sites excluding steroid dienone is 6. The second-order valence-electron chi connectivity index (χ2n) is 6.94. The molecule has 154 valence electrons. The number of carbonyl (C=O) groups excluding carboxylic acids is 1. The first-order valence-electron chi connectivity index (χ1n) is 9.11. The number of hydrogen-bond acceptors (Lipinski definition) is 3. The quantitative estimate of drug-likeness (QED) is 0.404. The summed E-state index contributed by atoms with van der Waals surface area (Å²) in [7, 11) is -3.62. The van der Waals surface area contributed by atoms with E-state index in [4.69, 9.17) is 0 Å². The zero-order chi connectivity index (χ0) is 21.0. The summed E-state index contributed by atoms with van der Waals surface area (Å²) in [5, 5.41) is 2.86.